The van der Waals surface area contributed by atoms with Crippen LogP contribution < -0.4 is 0 Å². The van der Waals surface area contributed by atoms with Crippen LogP contribution in [0.25, 0.3) is 0 Å². The van der Waals surface area contributed by atoms with Crippen LogP contribution in [0.5, 0.6) is 0 Å². The molecule has 5 nitrogen and oxygen atoms in total. The molecule has 3 saturated carbocycles. The minimum absolute atomic E-state index is 0.00830. The lowest BCUT2D eigenvalue weighted by Crippen LogP contribution is -2.55. The van der Waals surface area contributed by atoms with Gasteiger partial charge in [0.15, 0.2) is 6.29 Å². The molecule has 1 heterocycles. The first kappa shape index (κ1) is 22.1. The Kier molecular flexibility index (Phi) is 5.66. The summed E-state index contributed by atoms with van der Waals surface area (Å²) in [5.74, 6) is 3.03. The summed E-state index contributed by atoms with van der Waals surface area (Å²) in [6, 6.07) is 0. The highest BCUT2D eigenvalue weighted by atomic mass is 16.7. The molecule has 5 aliphatic rings. The number of ether oxygens (including phenoxy) is 2. The minimum Gasteiger partial charge on any atom is -0.388 e. The lowest BCUT2D eigenvalue weighted by atomic mass is 9.47. The van der Waals surface area contributed by atoms with Crippen LogP contribution in [-0.2, 0) is 9.47 Å². The molecule has 174 valence electrons. The highest BCUT2D eigenvalue weighted by Gasteiger charge is 2.58. The Bertz CT molecular complexity index is 735. The Hall–Kier alpha value is -0.720. The van der Waals surface area contributed by atoms with Gasteiger partial charge in [-0.3, -0.25) is 0 Å². The fourth-order valence-electron chi connectivity index (χ4n) is 8.26. The Balaban J connectivity index is 1.29. The molecule has 3 N–H and O–H groups in total. The zero-order chi connectivity index (χ0) is 22.0. The molecule has 11 atom stereocenters. The minimum atomic E-state index is -1.22. The third-order valence-corrected chi connectivity index (χ3v) is 10.2. The summed E-state index contributed by atoms with van der Waals surface area (Å²) in [7, 11) is 0. The van der Waals surface area contributed by atoms with Crippen molar-refractivity contribution < 1.29 is 24.8 Å². The van der Waals surface area contributed by atoms with Crippen LogP contribution in [0.4, 0.5) is 0 Å². The molecule has 4 unspecified atom stereocenters. The zero-order valence-electron chi connectivity index (χ0n) is 19.1. The van der Waals surface area contributed by atoms with Crippen molar-refractivity contribution in [2.45, 2.75) is 95.9 Å². The van der Waals surface area contributed by atoms with Gasteiger partial charge in [0.2, 0.25) is 0 Å². The Morgan fingerprint density at radius 3 is 2.65 bits per heavy atom. The molecule has 4 aliphatic carbocycles. The number of hydrogen-bond donors (Lipinski definition) is 3. The Morgan fingerprint density at radius 1 is 1.06 bits per heavy atom. The lowest BCUT2D eigenvalue weighted by Gasteiger charge is -2.58. The highest BCUT2D eigenvalue weighted by Crippen LogP contribution is 2.66. The van der Waals surface area contributed by atoms with Gasteiger partial charge in [0.05, 0.1) is 12.7 Å². The van der Waals surface area contributed by atoms with Crippen LogP contribution in [0.3, 0.4) is 0 Å². The SMILES string of the molecule is C=C[C@H]1CC[C@H]2[C@@H]3CC=C4C[C@@H](OC5OCC(O)C(O)C5O)CC[C@]4(C)[C@H]3CC[C@]12C. The van der Waals surface area contributed by atoms with Gasteiger partial charge in [-0.2, -0.15) is 0 Å². The van der Waals surface area contributed by atoms with E-state index in [0.717, 1.165) is 37.0 Å². The van der Waals surface area contributed by atoms with Gasteiger partial charge in [0, 0.05) is 0 Å². The number of rotatable bonds is 3. The molecule has 0 amide bonds. The van der Waals surface area contributed by atoms with E-state index in [0.29, 0.717) is 11.3 Å². The maximum atomic E-state index is 10.2. The largest absolute Gasteiger partial charge is 0.388 e. The van der Waals surface area contributed by atoms with E-state index in [1.807, 2.05) is 0 Å². The third-order valence-electron chi connectivity index (χ3n) is 10.2. The van der Waals surface area contributed by atoms with Crippen molar-refractivity contribution >= 4 is 0 Å². The van der Waals surface area contributed by atoms with E-state index in [-0.39, 0.29) is 18.1 Å². The van der Waals surface area contributed by atoms with E-state index in [4.69, 9.17) is 9.47 Å². The highest BCUT2D eigenvalue weighted by molar-refractivity contribution is 5.25. The standard InChI is InChI=1S/C26H40O5/c1-4-15-6-8-19-18-7-5-16-13-17(31-24-23(29)22(28)21(27)14-30-24)9-11-26(16,3)20(18)10-12-25(15,19)2/h4-5,15,17-24,27-29H,1,6-14H2,2-3H3/t15-,17-,18-,19-,20-,21?,22?,23?,24?,25+,26-/m0/s1. The maximum Gasteiger partial charge on any atom is 0.186 e. The van der Waals surface area contributed by atoms with Crippen LogP contribution in [0.2, 0.25) is 0 Å². The monoisotopic (exact) mass is 432 g/mol. The molecular formula is C26H40O5. The average Bonchev–Trinajstić information content (AvgIpc) is 3.10. The third kappa shape index (κ3) is 3.38. The van der Waals surface area contributed by atoms with Crippen LogP contribution in [0.1, 0.15) is 65.2 Å². The van der Waals surface area contributed by atoms with Gasteiger partial charge in [0.25, 0.3) is 0 Å². The molecule has 1 saturated heterocycles. The van der Waals surface area contributed by atoms with Gasteiger partial charge >= 0.3 is 0 Å². The molecular weight excluding hydrogens is 392 g/mol. The normalized spacial score (nSPS) is 54.4. The van der Waals surface area contributed by atoms with Gasteiger partial charge < -0.3 is 24.8 Å². The second-order valence-corrected chi connectivity index (χ2v) is 11.5. The van der Waals surface area contributed by atoms with E-state index < -0.39 is 24.6 Å². The molecule has 0 radical (unpaired) electrons. The summed E-state index contributed by atoms with van der Waals surface area (Å²) in [6.45, 7) is 9.16. The van der Waals surface area contributed by atoms with Gasteiger partial charge in [-0.25, -0.2) is 0 Å². The number of fused-ring (bicyclic) bond motifs is 5. The smallest absolute Gasteiger partial charge is 0.186 e. The van der Waals surface area contributed by atoms with Gasteiger partial charge in [-0.15, -0.1) is 6.58 Å². The molecule has 0 aromatic rings. The second kappa shape index (κ2) is 7.95. The van der Waals surface area contributed by atoms with Crippen molar-refractivity contribution in [3.8, 4) is 0 Å². The fourth-order valence-corrected chi connectivity index (χ4v) is 8.26. The summed E-state index contributed by atoms with van der Waals surface area (Å²) < 4.78 is 11.6. The second-order valence-electron chi connectivity index (χ2n) is 11.5. The molecule has 5 rings (SSSR count). The summed E-state index contributed by atoms with van der Waals surface area (Å²) in [5.41, 5.74) is 2.21. The molecule has 5 heteroatoms. The lowest BCUT2D eigenvalue weighted by molar-refractivity contribution is -0.284. The molecule has 0 aromatic carbocycles. The number of aliphatic hydroxyl groups is 3. The van der Waals surface area contributed by atoms with E-state index >= 15 is 0 Å². The Labute approximate surface area is 186 Å². The number of hydrogen-bond acceptors (Lipinski definition) is 5. The van der Waals surface area contributed by atoms with Crippen molar-refractivity contribution in [3.63, 3.8) is 0 Å². The molecule has 0 spiro atoms. The van der Waals surface area contributed by atoms with Crippen molar-refractivity contribution in [2.24, 2.45) is 34.5 Å². The molecule has 31 heavy (non-hydrogen) atoms. The van der Waals surface area contributed by atoms with E-state index in [2.05, 4.69) is 32.6 Å². The Morgan fingerprint density at radius 2 is 1.87 bits per heavy atom. The first-order chi connectivity index (χ1) is 14.8. The summed E-state index contributed by atoms with van der Waals surface area (Å²) in [4.78, 5) is 0. The van der Waals surface area contributed by atoms with Crippen LogP contribution in [0.15, 0.2) is 24.3 Å². The average molecular weight is 433 g/mol. The van der Waals surface area contributed by atoms with Crippen molar-refractivity contribution in [2.75, 3.05) is 6.61 Å². The molecule has 1 aliphatic heterocycles. The van der Waals surface area contributed by atoms with Crippen molar-refractivity contribution in [1.82, 2.24) is 0 Å². The number of allylic oxidation sites excluding steroid dienone is 2. The van der Waals surface area contributed by atoms with Crippen LogP contribution >= 0.6 is 0 Å². The van der Waals surface area contributed by atoms with E-state index in [1.54, 1.807) is 0 Å². The first-order valence-corrected chi connectivity index (χ1v) is 12.4. The molecule has 0 aromatic heterocycles. The maximum absolute atomic E-state index is 10.2. The van der Waals surface area contributed by atoms with E-state index in [1.165, 1.54) is 37.7 Å². The topological polar surface area (TPSA) is 79.2 Å². The first-order valence-electron chi connectivity index (χ1n) is 12.4. The fraction of sp³-hybridized carbons (Fsp3) is 0.846. The molecule has 4 fully saturated rings. The summed E-state index contributed by atoms with van der Waals surface area (Å²) in [6.07, 6.45) is 9.78. The van der Waals surface area contributed by atoms with Gasteiger partial charge in [0.1, 0.15) is 18.3 Å². The van der Waals surface area contributed by atoms with Crippen molar-refractivity contribution in [1.29, 1.82) is 0 Å². The van der Waals surface area contributed by atoms with Crippen molar-refractivity contribution in [3.05, 3.63) is 24.3 Å². The predicted molar refractivity (Wildman–Crippen MR) is 118 cm³/mol. The number of aliphatic hydroxyl groups excluding tert-OH is 3. The summed E-state index contributed by atoms with van der Waals surface area (Å²) in [5, 5.41) is 29.9. The quantitative estimate of drug-likeness (QED) is 0.594. The van der Waals surface area contributed by atoms with Gasteiger partial charge in [-0.05, 0) is 85.9 Å². The zero-order valence-corrected chi connectivity index (χ0v) is 19.1. The predicted octanol–water partition coefficient (Wildman–Crippen LogP) is 3.58. The summed E-state index contributed by atoms with van der Waals surface area (Å²) >= 11 is 0. The molecule has 0 bridgehead atoms. The van der Waals surface area contributed by atoms with Gasteiger partial charge in [-0.1, -0.05) is 31.6 Å². The van der Waals surface area contributed by atoms with E-state index in [9.17, 15) is 15.3 Å². The van der Waals surface area contributed by atoms with Crippen LogP contribution in [0, 0.1) is 34.5 Å². The van der Waals surface area contributed by atoms with Crippen LogP contribution in [-0.4, -0.2) is 52.6 Å².